The Morgan fingerprint density at radius 1 is 1.07 bits per heavy atom. The van der Waals surface area contributed by atoms with Crippen LogP contribution >= 0.6 is 0 Å². The zero-order valence-electron chi connectivity index (χ0n) is 15.2. The van der Waals surface area contributed by atoms with E-state index < -0.39 is 11.7 Å². The SMILES string of the molecule is O=C(N/N=C\c1ccc(-c2cccc(C(F)(F)F)c2)o1)[C@H]1C[C@@H]1c1ccccc1. The number of halogens is 3. The lowest BCUT2D eigenvalue weighted by molar-refractivity contribution is -0.137. The lowest BCUT2D eigenvalue weighted by Crippen LogP contribution is -2.20. The van der Waals surface area contributed by atoms with Crippen LogP contribution in [0.3, 0.4) is 0 Å². The molecule has 0 unspecified atom stereocenters. The van der Waals surface area contributed by atoms with Crippen LogP contribution in [0.15, 0.2) is 76.2 Å². The molecule has 2 atom stereocenters. The number of amides is 1. The minimum absolute atomic E-state index is 0.105. The van der Waals surface area contributed by atoms with Gasteiger partial charge in [0.15, 0.2) is 0 Å². The fourth-order valence-electron chi connectivity index (χ4n) is 3.22. The largest absolute Gasteiger partial charge is 0.455 e. The molecule has 1 heterocycles. The fraction of sp³-hybridized carbons (Fsp3) is 0.182. The zero-order valence-corrected chi connectivity index (χ0v) is 15.2. The maximum Gasteiger partial charge on any atom is 0.416 e. The van der Waals surface area contributed by atoms with Gasteiger partial charge < -0.3 is 4.42 Å². The predicted molar refractivity (Wildman–Crippen MR) is 102 cm³/mol. The van der Waals surface area contributed by atoms with E-state index in [2.05, 4.69) is 10.5 Å². The number of hydrogen-bond acceptors (Lipinski definition) is 3. The monoisotopic (exact) mass is 398 g/mol. The number of rotatable bonds is 5. The molecule has 148 valence electrons. The second-order valence-electron chi connectivity index (χ2n) is 6.87. The Balaban J connectivity index is 1.36. The van der Waals surface area contributed by atoms with Gasteiger partial charge in [0.25, 0.3) is 0 Å². The zero-order chi connectivity index (χ0) is 20.4. The van der Waals surface area contributed by atoms with Gasteiger partial charge in [0.1, 0.15) is 11.5 Å². The number of hydrazone groups is 1. The molecule has 0 bridgehead atoms. The second-order valence-corrected chi connectivity index (χ2v) is 6.87. The van der Waals surface area contributed by atoms with Gasteiger partial charge in [-0.3, -0.25) is 4.79 Å². The van der Waals surface area contributed by atoms with Crippen molar-refractivity contribution in [1.29, 1.82) is 0 Å². The van der Waals surface area contributed by atoms with Gasteiger partial charge in [-0.1, -0.05) is 42.5 Å². The Morgan fingerprint density at radius 3 is 2.62 bits per heavy atom. The standard InChI is InChI=1S/C22H17F3N2O2/c23-22(24,25)16-8-4-7-15(11-16)20-10-9-17(29-20)13-26-27-21(28)19-12-18(19)14-5-2-1-3-6-14/h1-11,13,18-19H,12H2,(H,27,28)/b26-13-/t18-,19+/m1/s1. The van der Waals surface area contributed by atoms with E-state index in [1.165, 1.54) is 18.3 Å². The van der Waals surface area contributed by atoms with Crippen molar-refractivity contribution in [2.24, 2.45) is 11.0 Å². The second kappa shape index (κ2) is 7.58. The number of carbonyl (C=O) groups excluding carboxylic acids is 1. The lowest BCUT2D eigenvalue weighted by atomic mass is 10.1. The van der Waals surface area contributed by atoms with Crippen LogP contribution in [0.25, 0.3) is 11.3 Å². The third kappa shape index (κ3) is 4.39. The summed E-state index contributed by atoms with van der Waals surface area (Å²) in [4.78, 5) is 12.2. The van der Waals surface area contributed by atoms with Crippen molar-refractivity contribution in [3.63, 3.8) is 0 Å². The normalized spacial score (nSPS) is 18.7. The molecule has 1 aliphatic rings. The van der Waals surface area contributed by atoms with Gasteiger partial charge in [-0.25, -0.2) is 5.43 Å². The third-order valence-electron chi connectivity index (χ3n) is 4.82. The summed E-state index contributed by atoms with van der Waals surface area (Å²) in [6.07, 6.45) is -2.31. The summed E-state index contributed by atoms with van der Waals surface area (Å²) in [6, 6.07) is 17.9. The average molecular weight is 398 g/mol. The van der Waals surface area contributed by atoms with Crippen molar-refractivity contribution in [3.8, 4) is 11.3 Å². The van der Waals surface area contributed by atoms with Gasteiger partial charge in [0, 0.05) is 11.5 Å². The topological polar surface area (TPSA) is 54.6 Å². The van der Waals surface area contributed by atoms with Crippen LogP contribution in [0.4, 0.5) is 13.2 Å². The number of carbonyl (C=O) groups is 1. The average Bonchev–Trinajstić information content (AvgIpc) is 3.39. The van der Waals surface area contributed by atoms with Crippen molar-refractivity contribution < 1.29 is 22.4 Å². The summed E-state index contributed by atoms with van der Waals surface area (Å²) in [5, 5.41) is 3.90. The highest BCUT2D eigenvalue weighted by Crippen LogP contribution is 2.47. The first kappa shape index (κ1) is 19.0. The molecule has 0 saturated heterocycles. The molecule has 1 N–H and O–H groups in total. The van der Waals surface area contributed by atoms with E-state index in [4.69, 9.17) is 4.42 Å². The molecular formula is C22H17F3N2O2. The van der Waals surface area contributed by atoms with E-state index in [0.717, 1.165) is 24.1 Å². The quantitative estimate of drug-likeness (QED) is 0.473. The Bertz CT molecular complexity index is 1040. The molecule has 1 aromatic heterocycles. The number of nitrogens with one attached hydrogen (secondary N) is 1. The highest BCUT2D eigenvalue weighted by Gasteiger charge is 2.43. The Labute approximate surface area is 165 Å². The molecule has 1 amide bonds. The summed E-state index contributed by atoms with van der Waals surface area (Å²) in [5.74, 6) is 0.553. The molecule has 4 nitrogen and oxygen atoms in total. The van der Waals surface area contributed by atoms with E-state index in [1.54, 1.807) is 12.1 Å². The van der Waals surface area contributed by atoms with Gasteiger partial charge in [0.2, 0.25) is 5.91 Å². The van der Waals surface area contributed by atoms with Gasteiger partial charge >= 0.3 is 6.18 Å². The van der Waals surface area contributed by atoms with E-state index >= 15 is 0 Å². The first-order valence-corrected chi connectivity index (χ1v) is 9.07. The number of furan rings is 1. The van der Waals surface area contributed by atoms with Crippen molar-refractivity contribution >= 4 is 12.1 Å². The summed E-state index contributed by atoms with van der Waals surface area (Å²) >= 11 is 0. The van der Waals surface area contributed by atoms with Crippen LogP contribution in [0.2, 0.25) is 0 Å². The number of benzene rings is 2. The van der Waals surface area contributed by atoms with Gasteiger partial charge in [-0.05, 0) is 42.2 Å². The van der Waals surface area contributed by atoms with E-state index in [1.807, 2.05) is 30.3 Å². The smallest absolute Gasteiger partial charge is 0.416 e. The van der Waals surface area contributed by atoms with Crippen LogP contribution in [-0.2, 0) is 11.0 Å². The molecule has 0 radical (unpaired) electrons. The lowest BCUT2D eigenvalue weighted by Gasteiger charge is -2.07. The molecule has 29 heavy (non-hydrogen) atoms. The predicted octanol–water partition coefficient (Wildman–Crippen LogP) is 5.22. The molecular weight excluding hydrogens is 381 g/mol. The molecule has 1 fully saturated rings. The number of nitrogens with zero attached hydrogens (tertiary/aromatic N) is 1. The van der Waals surface area contributed by atoms with E-state index in [-0.39, 0.29) is 23.5 Å². The number of hydrogen-bond donors (Lipinski definition) is 1. The Kier molecular flexibility index (Phi) is 4.96. The number of alkyl halides is 3. The molecule has 1 aliphatic carbocycles. The summed E-state index contributed by atoms with van der Waals surface area (Å²) in [5.41, 5.74) is 3.19. The van der Waals surface area contributed by atoms with Crippen molar-refractivity contribution in [2.75, 3.05) is 0 Å². The van der Waals surface area contributed by atoms with Crippen LogP contribution < -0.4 is 5.43 Å². The van der Waals surface area contributed by atoms with Crippen molar-refractivity contribution in [2.45, 2.75) is 18.5 Å². The molecule has 3 aromatic rings. The van der Waals surface area contributed by atoms with Gasteiger partial charge in [0.05, 0.1) is 11.8 Å². The molecule has 2 aromatic carbocycles. The molecule has 0 spiro atoms. The molecule has 7 heteroatoms. The van der Waals surface area contributed by atoms with Crippen LogP contribution in [0.1, 0.15) is 29.2 Å². The molecule has 4 rings (SSSR count). The van der Waals surface area contributed by atoms with Crippen molar-refractivity contribution in [1.82, 2.24) is 5.43 Å². The first-order chi connectivity index (χ1) is 13.9. The highest BCUT2D eigenvalue weighted by molar-refractivity contribution is 5.85. The summed E-state index contributed by atoms with van der Waals surface area (Å²) in [6.45, 7) is 0. The summed E-state index contributed by atoms with van der Waals surface area (Å²) < 4.78 is 44.1. The molecule has 1 saturated carbocycles. The van der Waals surface area contributed by atoms with Crippen molar-refractivity contribution in [3.05, 3.63) is 83.6 Å². The van der Waals surface area contributed by atoms with Gasteiger partial charge in [-0.2, -0.15) is 18.3 Å². The maximum atomic E-state index is 12.8. The fourth-order valence-corrected chi connectivity index (χ4v) is 3.22. The molecule has 0 aliphatic heterocycles. The summed E-state index contributed by atoms with van der Waals surface area (Å²) in [7, 11) is 0. The maximum absolute atomic E-state index is 12.8. The van der Waals surface area contributed by atoms with Gasteiger partial charge in [-0.15, -0.1) is 0 Å². The van der Waals surface area contributed by atoms with Crippen LogP contribution in [-0.4, -0.2) is 12.1 Å². The van der Waals surface area contributed by atoms with Crippen LogP contribution in [0.5, 0.6) is 0 Å². The first-order valence-electron chi connectivity index (χ1n) is 9.07. The minimum atomic E-state index is -4.42. The Hall–Kier alpha value is -3.35. The van der Waals surface area contributed by atoms with Crippen LogP contribution in [0, 0.1) is 5.92 Å². The Morgan fingerprint density at radius 2 is 1.86 bits per heavy atom. The highest BCUT2D eigenvalue weighted by atomic mass is 19.4. The minimum Gasteiger partial charge on any atom is -0.455 e. The van der Waals surface area contributed by atoms with E-state index in [0.29, 0.717) is 11.3 Å². The third-order valence-corrected chi connectivity index (χ3v) is 4.82. The van der Waals surface area contributed by atoms with E-state index in [9.17, 15) is 18.0 Å².